The Balaban J connectivity index is 1.36. The number of anilines is 1. The van der Waals surface area contributed by atoms with Gasteiger partial charge in [0.2, 0.25) is 0 Å². The number of benzene rings is 2. The molecule has 0 bridgehead atoms. The van der Waals surface area contributed by atoms with Gasteiger partial charge >= 0.3 is 12.0 Å². The van der Waals surface area contributed by atoms with E-state index in [9.17, 15) is 9.59 Å². The molecule has 1 saturated heterocycles. The summed E-state index contributed by atoms with van der Waals surface area (Å²) in [6.45, 7) is 2.84. The summed E-state index contributed by atoms with van der Waals surface area (Å²) in [6, 6.07) is 15.4. The number of nitrogens with one attached hydrogen (secondary N) is 1. The van der Waals surface area contributed by atoms with E-state index in [0.29, 0.717) is 12.6 Å². The molecule has 2 aliphatic rings. The minimum atomic E-state index is -0.947. The van der Waals surface area contributed by atoms with Crippen LogP contribution in [0.3, 0.4) is 0 Å². The zero-order valence-electron chi connectivity index (χ0n) is 15.1. The van der Waals surface area contributed by atoms with Gasteiger partial charge < -0.3 is 20.2 Å². The van der Waals surface area contributed by atoms with Gasteiger partial charge in [-0.25, -0.2) is 9.59 Å². The molecular formula is C21H23N3O3. The van der Waals surface area contributed by atoms with Gasteiger partial charge in [-0.3, -0.25) is 0 Å². The predicted molar refractivity (Wildman–Crippen MR) is 103 cm³/mol. The third-order valence-corrected chi connectivity index (χ3v) is 5.39. The van der Waals surface area contributed by atoms with Crippen molar-refractivity contribution in [3.05, 3.63) is 65.2 Å². The van der Waals surface area contributed by atoms with E-state index < -0.39 is 5.97 Å². The number of carboxylic acids is 1. The quantitative estimate of drug-likeness (QED) is 0.877. The Morgan fingerprint density at radius 1 is 1.07 bits per heavy atom. The summed E-state index contributed by atoms with van der Waals surface area (Å²) in [5, 5.41) is 11.9. The number of aromatic carboxylic acids is 1. The Labute approximate surface area is 158 Å². The fourth-order valence-electron chi connectivity index (χ4n) is 4.01. The average Bonchev–Trinajstić information content (AvgIpc) is 2.89. The highest BCUT2D eigenvalue weighted by atomic mass is 16.4. The first-order chi connectivity index (χ1) is 13.1. The zero-order valence-corrected chi connectivity index (χ0v) is 15.1. The highest BCUT2D eigenvalue weighted by molar-refractivity contribution is 5.87. The second kappa shape index (κ2) is 7.31. The van der Waals surface area contributed by atoms with E-state index in [2.05, 4.69) is 34.5 Å². The Morgan fingerprint density at radius 3 is 2.63 bits per heavy atom. The third kappa shape index (κ3) is 3.60. The molecule has 2 aromatic carbocycles. The van der Waals surface area contributed by atoms with E-state index in [4.69, 9.17) is 5.11 Å². The van der Waals surface area contributed by atoms with Gasteiger partial charge in [-0.2, -0.15) is 0 Å². The van der Waals surface area contributed by atoms with Crippen LogP contribution in [0.15, 0.2) is 48.5 Å². The molecule has 2 heterocycles. The van der Waals surface area contributed by atoms with Crippen LogP contribution in [0, 0.1) is 0 Å². The summed E-state index contributed by atoms with van der Waals surface area (Å²) < 4.78 is 0. The molecule has 2 N–H and O–H groups in total. The van der Waals surface area contributed by atoms with Crippen molar-refractivity contribution >= 4 is 17.7 Å². The second-order valence-corrected chi connectivity index (χ2v) is 7.14. The Hall–Kier alpha value is -3.02. The highest BCUT2D eigenvalue weighted by Gasteiger charge is 2.33. The molecule has 1 atom stereocenters. The molecule has 0 aliphatic carbocycles. The van der Waals surface area contributed by atoms with E-state index in [0.717, 1.165) is 38.0 Å². The van der Waals surface area contributed by atoms with Gasteiger partial charge in [-0.05, 0) is 42.2 Å². The van der Waals surface area contributed by atoms with Crippen LogP contribution in [0.4, 0.5) is 10.5 Å². The van der Waals surface area contributed by atoms with Crippen LogP contribution in [-0.4, -0.2) is 47.7 Å². The van der Waals surface area contributed by atoms with E-state index >= 15 is 0 Å². The maximum absolute atomic E-state index is 12.7. The van der Waals surface area contributed by atoms with Crippen molar-refractivity contribution in [2.75, 3.05) is 24.5 Å². The van der Waals surface area contributed by atoms with Crippen LogP contribution in [0.5, 0.6) is 0 Å². The first-order valence-corrected chi connectivity index (χ1v) is 9.31. The van der Waals surface area contributed by atoms with Crippen LogP contribution in [0.1, 0.15) is 27.9 Å². The average molecular weight is 365 g/mol. The molecule has 0 aromatic heterocycles. The van der Waals surface area contributed by atoms with E-state index in [1.165, 1.54) is 11.3 Å². The minimum absolute atomic E-state index is 0.0601. The van der Waals surface area contributed by atoms with Crippen LogP contribution in [-0.2, 0) is 13.0 Å². The van der Waals surface area contributed by atoms with E-state index in [1.54, 1.807) is 24.3 Å². The zero-order chi connectivity index (χ0) is 18.8. The van der Waals surface area contributed by atoms with Crippen molar-refractivity contribution in [2.24, 2.45) is 0 Å². The van der Waals surface area contributed by atoms with Crippen LogP contribution in [0.2, 0.25) is 0 Å². The number of rotatable bonds is 3. The normalized spacial score (nSPS) is 18.4. The Morgan fingerprint density at radius 2 is 1.85 bits per heavy atom. The fraction of sp³-hybridized carbons (Fsp3) is 0.333. The van der Waals surface area contributed by atoms with Gasteiger partial charge in [-0.1, -0.05) is 30.3 Å². The molecule has 2 amide bonds. The van der Waals surface area contributed by atoms with Crippen molar-refractivity contribution in [1.82, 2.24) is 10.2 Å². The summed E-state index contributed by atoms with van der Waals surface area (Å²) in [4.78, 5) is 27.9. The number of hydrogen-bond acceptors (Lipinski definition) is 3. The van der Waals surface area contributed by atoms with Crippen molar-refractivity contribution in [2.45, 2.75) is 25.4 Å². The van der Waals surface area contributed by atoms with E-state index in [-0.39, 0.29) is 11.6 Å². The summed E-state index contributed by atoms with van der Waals surface area (Å²) >= 11 is 0. The van der Waals surface area contributed by atoms with Crippen LogP contribution >= 0.6 is 0 Å². The molecular weight excluding hydrogens is 342 g/mol. The summed E-state index contributed by atoms with van der Waals surface area (Å²) in [5.41, 5.74) is 3.81. The summed E-state index contributed by atoms with van der Waals surface area (Å²) in [7, 11) is 0. The number of carbonyl (C=O) groups is 2. The standard InChI is InChI=1S/C21H23N3O3/c25-20(26)16-8-6-15(7-9-16)13-22-21(27)23-10-3-11-24-18(14-23)12-17-4-1-2-5-19(17)24/h1-2,4-9,18H,3,10-14H2,(H,22,27)(H,25,26). The Bertz CT molecular complexity index is 850. The van der Waals surface area contributed by atoms with Gasteiger partial charge in [-0.15, -0.1) is 0 Å². The molecule has 6 nitrogen and oxygen atoms in total. The first kappa shape index (κ1) is 17.4. The lowest BCUT2D eigenvalue weighted by Gasteiger charge is -2.27. The SMILES string of the molecule is O=C(O)c1ccc(CNC(=O)N2CCCN3c4ccccc4CC3C2)cc1. The largest absolute Gasteiger partial charge is 0.478 e. The number of fused-ring (bicyclic) bond motifs is 3. The highest BCUT2D eigenvalue weighted by Crippen LogP contribution is 2.33. The van der Waals surface area contributed by atoms with Crippen LogP contribution in [0.25, 0.3) is 0 Å². The number of para-hydroxylation sites is 1. The van der Waals surface area contributed by atoms with E-state index in [1.807, 2.05) is 4.90 Å². The molecule has 2 aliphatic heterocycles. The van der Waals surface area contributed by atoms with Gasteiger partial charge in [0, 0.05) is 31.9 Å². The lowest BCUT2D eigenvalue weighted by molar-refractivity contribution is 0.0697. The molecule has 27 heavy (non-hydrogen) atoms. The maximum atomic E-state index is 12.7. The molecule has 1 fully saturated rings. The molecule has 4 rings (SSSR count). The van der Waals surface area contributed by atoms with Gasteiger partial charge in [0.15, 0.2) is 0 Å². The number of hydrogen-bond donors (Lipinski definition) is 2. The molecule has 2 aromatic rings. The molecule has 0 saturated carbocycles. The monoisotopic (exact) mass is 365 g/mol. The number of carboxylic acid groups (broad SMARTS) is 1. The summed E-state index contributed by atoms with van der Waals surface area (Å²) in [6.07, 6.45) is 1.93. The fourth-order valence-corrected chi connectivity index (χ4v) is 4.01. The lowest BCUT2D eigenvalue weighted by Crippen LogP contribution is -2.45. The number of urea groups is 1. The lowest BCUT2D eigenvalue weighted by atomic mass is 10.1. The molecule has 0 radical (unpaired) electrons. The number of nitrogens with zero attached hydrogens (tertiary/aromatic N) is 2. The van der Waals surface area contributed by atoms with Gasteiger partial charge in [0.05, 0.1) is 11.6 Å². The van der Waals surface area contributed by atoms with Crippen molar-refractivity contribution in [1.29, 1.82) is 0 Å². The first-order valence-electron chi connectivity index (χ1n) is 9.31. The number of carbonyl (C=O) groups excluding carboxylic acids is 1. The summed E-state index contributed by atoms with van der Waals surface area (Å²) in [5.74, 6) is -0.947. The minimum Gasteiger partial charge on any atom is -0.478 e. The predicted octanol–water partition coefficient (Wildman–Crippen LogP) is 2.73. The van der Waals surface area contributed by atoms with Crippen molar-refractivity contribution in [3.8, 4) is 0 Å². The third-order valence-electron chi connectivity index (χ3n) is 5.39. The Kier molecular flexibility index (Phi) is 4.71. The van der Waals surface area contributed by atoms with Gasteiger partial charge in [0.25, 0.3) is 0 Å². The molecule has 1 unspecified atom stereocenters. The topological polar surface area (TPSA) is 72.9 Å². The maximum Gasteiger partial charge on any atom is 0.335 e. The second-order valence-electron chi connectivity index (χ2n) is 7.14. The molecule has 0 spiro atoms. The molecule has 6 heteroatoms. The smallest absolute Gasteiger partial charge is 0.335 e. The van der Waals surface area contributed by atoms with Gasteiger partial charge in [0.1, 0.15) is 0 Å². The molecule has 140 valence electrons. The van der Waals surface area contributed by atoms with Crippen LogP contribution < -0.4 is 10.2 Å². The van der Waals surface area contributed by atoms with Crippen molar-refractivity contribution < 1.29 is 14.7 Å². The van der Waals surface area contributed by atoms with Crippen molar-refractivity contribution in [3.63, 3.8) is 0 Å². The number of amides is 2.